The van der Waals surface area contributed by atoms with Crippen LogP contribution in [0, 0.1) is 0 Å². The van der Waals surface area contributed by atoms with Gasteiger partial charge in [0.15, 0.2) is 0 Å². The van der Waals surface area contributed by atoms with Crippen LogP contribution in [0.25, 0.3) is 0 Å². The van der Waals surface area contributed by atoms with Gasteiger partial charge >= 0.3 is 0 Å². The Morgan fingerprint density at radius 2 is 2.00 bits per heavy atom. The average Bonchev–Trinajstić information content (AvgIpc) is 2.63. The molecule has 0 bridgehead atoms. The molecular formula is C12H21NO. The molecule has 1 atom stereocenters. The van der Waals surface area contributed by atoms with Gasteiger partial charge in [-0.3, -0.25) is 0 Å². The summed E-state index contributed by atoms with van der Waals surface area (Å²) in [5.41, 5.74) is 0. The molecule has 1 heterocycles. The van der Waals surface area contributed by atoms with Crippen LogP contribution in [-0.2, 0) is 13.0 Å². The molecule has 0 aliphatic carbocycles. The van der Waals surface area contributed by atoms with Gasteiger partial charge in [0.1, 0.15) is 11.5 Å². The van der Waals surface area contributed by atoms with Crippen LogP contribution in [0.3, 0.4) is 0 Å². The van der Waals surface area contributed by atoms with Crippen LogP contribution in [0.5, 0.6) is 0 Å². The molecule has 1 rings (SSSR count). The number of rotatable bonds is 6. The monoisotopic (exact) mass is 195 g/mol. The molecule has 0 aliphatic rings. The van der Waals surface area contributed by atoms with Gasteiger partial charge in [-0.2, -0.15) is 0 Å². The highest BCUT2D eigenvalue weighted by molar-refractivity contribution is 5.06. The van der Waals surface area contributed by atoms with E-state index in [-0.39, 0.29) is 0 Å². The molecule has 2 heteroatoms. The van der Waals surface area contributed by atoms with Crippen LogP contribution in [0.2, 0.25) is 0 Å². The van der Waals surface area contributed by atoms with Gasteiger partial charge in [-0.15, -0.1) is 0 Å². The van der Waals surface area contributed by atoms with Gasteiger partial charge in [-0.1, -0.05) is 20.3 Å². The lowest BCUT2D eigenvalue weighted by Crippen LogP contribution is -2.24. The Morgan fingerprint density at radius 1 is 1.29 bits per heavy atom. The number of nitrogens with one attached hydrogen (secondary N) is 1. The van der Waals surface area contributed by atoms with Gasteiger partial charge < -0.3 is 9.73 Å². The fourth-order valence-corrected chi connectivity index (χ4v) is 1.52. The largest absolute Gasteiger partial charge is 0.465 e. The van der Waals surface area contributed by atoms with E-state index in [1.165, 1.54) is 12.8 Å². The maximum absolute atomic E-state index is 5.60. The van der Waals surface area contributed by atoms with Crippen molar-refractivity contribution >= 4 is 0 Å². The second-order valence-electron chi connectivity index (χ2n) is 3.79. The highest BCUT2D eigenvalue weighted by Gasteiger charge is 2.03. The van der Waals surface area contributed by atoms with E-state index in [9.17, 15) is 0 Å². The van der Waals surface area contributed by atoms with Gasteiger partial charge in [0, 0.05) is 12.5 Å². The smallest absolute Gasteiger partial charge is 0.117 e. The predicted molar refractivity (Wildman–Crippen MR) is 59.3 cm³/mol. The summed E-state index contributed by atoms with van der Waals surface area (Å²) in [6, 6.07) is 4.70. The lowest BCUT2D eigenvalue weighted by molar-refractivity contribution is 0.423. The molecule has 0 amide bonds. The highest BCUT2D eigenvalue weighted by atomic mass is 16.3. The summed E-state index contributed by atoms with van der Waals surface area (Å²) in [6.07, 6.45) is 3.43. The molecule has 80 valence electrons. The zero-order valence-corrected chi connectivity index (χ0v) is 9.47. The minimum absolute atomic E-state index is 0.579. The van der Waals surface area contributed by atoms with Crippen LogP contribution in [0.1, 0.15) is 45.1 Å². The van der Waals surface area contributed by atoms with E-state index in [0.29, 0.717) is 6.04 Å². The van der Waals surface area contributed by atoms with Crippen molar-refractivity contribution < 1.29 is 4.42 Å². The molecule has 0 aromatic carbocycles. The lowest BCUT2D eigenvalue weighted by atomic mass is 10.2. The molecular weight excluding hydrogens is 174 g/mol. The zero-order valence-electron chi connectivity index (χ0n) is 9.47. The molecule has 0 aliphatic heterocycles. The van der Waals surface area contributed by atoms with Crippen molar-refractivity contribution in [1.29, 1.82) is 0 Å². The lowest BCUT2D eigenvalue weighted by Gasteiger charge is -2.10. The maximum atomic E-state index is 5.60. The van der Waals surface area contributed by atoms with E-state index in [2.05, 4.69) is 38.2 Å². The molecule has 0 saturated carbocycles. The molecule has 0 saturated heterocycles. The third-order valence-electron chi connectivity index (χ3n) is 2.41. The van der Waals surface area contributed by atoms with Crippen molar-refractivity contribution in [1.82, 2.24) is 5.32 Å². The SMILES string of the molecule is CCCC(C)NCc1ccc(CC)o1. The summed E-state index contributed by atoms with van der Waals surface area (Å²) < 4.78 is 5.60. The normalized spacial score (nSPS) is 13.1. The first-order valence-electron chi connectivity index (χ1n) is 5.57. The Balaban J connectivity index is 2.30. The van der Waals surface area contributed by atoms with E-state index in [1.54, 1.807) is 0 Å². The predicted octanol–water partition coefficient (Wildman–Crippen LogP) is 3.12. The molecule has 1 aromatic rings. The van der Waals surface area contributed by atoms with Crippen molar-refractivity contribution in [3.05, 3.63) is 23.7 Å². The van der Waals surface area contributed by atoms with Gasteiger partial charge in [-0.05, 0) is 25.5 Å². The van der Waals surface area contributed by atoms with E-state index < -0.39 is 0 Å². The number of aryl methyl sites for hydroxylation is 1. The van der Waals surface area contributed by atoms with E-state index in [4.69, 9.17) is 4.42 Å². The number of hydrogen-bond acceptors (Lipinski definition) is 2. The summed E-state index contributed by atoms with van der Waals surface area (Å²) in [7, 11) is 0. The van der Waals surface area contributed by atoms with Crippen LogP contribution in [0.15, 0.2) is 16.5 Å². The fraction of sp³-hybridized carbons (Fsp3) is 0.667. The second kappa shape index (κ2) is 5.86. The molecule has 2 nitrogen and oxygen atoms in total. The first-order valence-corrected chi connectivity index (χ1v) is 5.57. The third kappa shape index (κ3) is 3.54. The number of hydrogen-bond donors (Lipinski definition) is 1. The molecule has 1 aromatic heterocycles. The summed E-state index contributed by atoms with van der Waals surface area (Å²) in [5.74, 6) is 2.12. The van der Waals surface area contributed by atoms with Gasteiger partial charge in [0.25, 0.3) is 0 Å². The molecule has 1 N–H and O–H groups in total. The summed E-state index contributed by atoms with van der Waals surface area (Å²) in [4.78, 5) is 0. The summed E-state index contributed by atoms with van der Waals surface area (Å²) in [5, 5.41) is 3.44. The molecule has 0 spiro atoms. The van der Waals surface area contributed by atoms with Crippen molar-refractivity contribution in [2.75, 3.05) is 0 Å². The standard InChI is InChI=1S/C12H21NO/c1-4-6-10(3)13-9-12-8-7-11(5-2)14-12/h7-8,10,13H,4-6,9H2,1-3H3. The minimum atomic E-state index is 0.579. The Morgan fingerprint density at radius 3 is 2.57 bits per heavy atom. The Labute approximate surface area is 86.7 Å². The summed E-state index contributed by atoms with van der Waals surface area (Å²) >= 11 is 0. The van der Waals surface area contributed by atoms with Crippen LogP contribution in [-0.4, -0.2) is 6.04 Å². The first-order chi connectivity index (χ1) is 6.76. The van der Waals surface area contributed by atoms with Crippen LogP contribution in [0.4, 0.5) is 0 Å². The zero-order chi connectivity index (χ0) is 10.4. The highest BCUT2D eigenvalue weighted by Crippen LogP contribution is 2.08. The van der Waals surface area contributed by atoms with Crippen molar-refractivity contribution in [3.8, 4) is 0 Å². The second-order valence-corrected chi connectivity index (χ2v) is 3.79. The quantitative estimate of drug-likeness (QED) is 0.754. The van der Waals surface area contributed by atoms with Gasteiger partial charge in [0.05, 0.1) is 6.54 Å². The van der Waals surface area contributed by atoms with Crippen molar-refractivity contribution in [3.63, 3.8) is 0 Å². The van der Waals surface area contributed by atoms with E-state index >= 15 is 0 Å². The van der Waals surface area contributed by atoms with Crippen LogP contribution >= 0.6 is 0 Å². The molecule has 0 radical (unpaired) electrons. The van der Waals surface area contributed by atoms with Gasteiger partial charge in [0.2, 0.25) is 0 Å². The average molecular weight is 195 g/mol. The third-order valence-corrected chi connectivity index (χ3v) is 2.41. The van der Waals surface area contributed by atoms with E-state index in [0.717, 1.165) is 24.5 Å². The topological polar surface area (TPSA) is 25.2 Å². The molecule has 1 unspecified atom stereocenters. The minimum Gasteiger partial charge on any atom is -0.465 e. The van der Waals surface area contributed by atoms with Crippen molar-refractivity contribution in [2.24, 2.45) is 0 Å². The Bertz CT molecular complexity index is 255. The fourth-order valence-electron chi connectivity index (χ4n) is 1.52. The van der Waals surface area contributed by atoms with E-state index in [1.807, 2.05) is 0 Å². The Hall–Kier alpha value is -0.760. The molecule has 14 heavy (non-hydrogen) atoms. The Kier molecular flexibility index (Phi) is 4.74. The maximum Gasteiger partial charge on any atom is 0.117 e. The van der Waals surface area contributed by atoms with Crippen LogP contribution < -0.4 is 5.32 Å². The van der Waals surface area contributed by atoms with Gasteiger partial charge in [-0.25, -0.2) is 0 Å². The number of furan rings is 1. The first kappa shape index (κ1) is 11.3. The summed E-state index contributed by atoms with van der Waals surface area (Å²) in [6.45, 7) is 7.38. The molecule has 0 fully saturated rings. The van der Waals surface area contributed by atoms with Crippen molar-refractivity contribution in [2.45, 2.75) is 52.6 Å².